The Morgan fingerprint density at radius 3 is 2.46 bits per heavy atom. The molecule has 0 aromatic heterocycles. The molecule has 6 heteroatoms. The maximum atomic E-state index is 5.49. The van der Waals surface area contributed by atoms with Crippen molar-refractivity contribution in [3.05, 3.63) is 0 Å². The van der Waals surface area contributed by atoms with Crippen LogP contribution < -0.4 is 10.6 Å². The predicted molar refractivity (Wildman–Crippen MR) is 112 cm³/mol. The minimum Gasteiger partial charge on any atom is -0.381 e. The molecule has 2 heterocycles. The van der Waals surface area contributed by atoms with Crippen molar-refractivity contribution >= 4 is 29.9 Å². The normalized spacial score (nSPS) is 23.3. The second kappa shape index (κ2) is 12.3. The standard InChI is InChI=1S/C18H36N4O.HI/c1-4-15(5-2)12-20-18(19-3)21-17-6-9-22(10-7-17)13-16-8-11-23-14-16;/h15-17H,4-14H2,1-3H3,(H2,19,20,21);1H. The van der Waals surface area contributed by atoms with E-state index >= 15 is 0 Å². The smallest absolute Gasteiger partial charge is 0.191 e. The van der Waals surface area contributed by atoms with Crippen molar-refractivity contribution in [1.82, 2.24) is 15.5 Å². The highest BCUT2D eigenvalue weighted by Gasteiger charge is 2.24. The lowest BCUT2D eigenvalue weighted by molar-refractivity contribution is 0.150. The molecule has 0 aromatic carbocycles. The third kappa shape index (κ3) is 7.44. The lowest BCUT2D eigenvalue weighted by Gasteiger charge is -2.34. The van der Waals surface area contributed by atoms with Crippen LogP contribution in [-0.2, 0) is 4.74 Å². The van der Waals surface area contributed by atoms with E-state index in [0.29, 0.717) is 6.04 Å². The number of likely N-dealkylation sites (tertiary alicyclic amines) is 1. The predicted octanol–water partition coefficient (Wildman–Crippen LogP) is 2.71. The van der Waals surface area contributed by atoms with Crippen molar-refractivity contribution in [2.24, 2.45) is 16.8 Å². The number of nitrogens with zero attached hydrogens (tertiary/aromatic N) is 2. The van der Waals surface area contributed by atoms with E-state index in [2.05, 4.69) is 34.4 Å². The SMILES string of the molecule is CCC(CC)CNC(=NC)NC1CCN(CC2CCOC2)CC1.I. The number of aliphatic imine (C=N–C) groups is 1. The number of hydrogen-bond donors (Lipinski definition) is 2. The van der Waals surface area contributed by atoms with E-state index in [1.54, 1.807) is 0 Å². The molecule has 0 bridgehead atoms. The summed E-state index contributed by atoms with van der Waals surface area (Å²) in [4.78, 5) is 7.00. The highest BCUT2D eigenvalue weighted by Crippen LogP contribution is 2.17. The van der Waals surface area contributed by atoms with Gasteiger partial charge in [-0.25, -0.2) is 0 Å². The van der Waals surface area contributed by atoms with Gasteiger partial charge in [0.25, 0.3) is 0 Å². The number of halogens is 1. The van der Waals surface area contributed by atoms with Crippen molar-refractivity contribution < 1.29 is 4.74 Å². The molecule has 2 aliphatic heterocycles. The Morgan fingerprint density at radius 1 is 1.21 bits per heavy atom. The van der Waals surface area contributed by atoms with E-state index in [4.69, 9.17) is 4.74 Å². The number of guanidine groups is 1. The summed E-state index contributed by atoms with van der Waals surface area (Å²) in [5.74, 6) is 2.47. The molecule has 0 radical (unpaired) electrons. The fourth-order valence-corrected chi connectivity index (χ4v) is 3.56. The Labute approximate surface area is 165 Å². The average Bonchev–Trinajstić information content (AvgIpc) is 3.09. The topological polar surface area (TPSA) is 48.9 Å². The first-order valence-electron chi connectivity index (χ1n) is 9.52. The number of rotatable bonds is 7. The Hall–Kier alpha value is -0.0800. The van der Waals surface area contributed by atoms with Crippen molar-refractivity contribution in [1.29, 1.82) is 0 Å². The maximum absolute atomic E-state index is 5.49. The van der Waals surface area contributed by atoms with E-state index in [-0.39, 0.29) is 24.0 Å². The van der Waals surface area contributed by atoms with Crippen LogP contribution in [0, 0.1) is 11.8 Å². The fourth-order valence-electron chi connectivity index (χ4n) is 3.56. The van der Waals surface area contributed by atoms with Crippen molar-refractivity contribution in [2.75, 3.05) is 46.4 Å². The summed E-state index contributed by atoms with van der Waals surface area (Å²) in [5.41, 5.74) is 0. The second-order valence-corrected chi connectivity index (χ2v) is 7.08. The first-order valence-corrected chi connectivity index (χ1v) is 9.52. The van der Waals surface area contributed by atoms with Crippen LogP contribution in [0.1, 0.15) is 46.0 Å². The zero-order chi connectivity index (χ0) is 16.5. The molecule has 2 fully saturated rings. The molecule has 2 saturated heterocycles. The van der Waals surface area contributed by atoms with Gasteiger partial charge in [0.05, 0.1) is 6.61 Å². The molecule has 0 saturated carbocycles. The number of piperidine rings is 1. The van der Waals surface area contributed by atoms with Gasteiger partial charge in [-0.2, -0.15) is 0 Å². The summed E-state index contributed by atoms with van der Waals surface area (Å²) in [6, 6.07) is 0.555. The summed E-state index contributed by atoms with van der Waals surface area (Å²) < 4.78 is 5.49. The van der Waals surface area contributed by atoms with Gasteiger partial charge >= 0.3 is 0 Å². The van der Waals surface area contributed by atoms with Gasteiger partial charge in [0.15, 0.2) is 5.96 Å². The first kappa shape index (κ1) is 22.0. The van der Waals surface area contributed by atoms with Crippen LogP contribution in [0.5, 0.6) is 0 Å². The highest BCUT2D eigenvalue weighted by molar-refractivity contribution is 14.0. The van der Waals surface area contributed by atoms with Crippen LogP contribution >= 0.6 is 24.0 Å². The second-order valence-electron chi connectivity index (χ2n) is 7.08. The Kier molecular flexibility index (Phi) is 11.3. The molecular weight excluding hydrogens is 415 g/mol. The van der Waals surface area contributed by atoms with Crippen LogP contribution in [0.15, 0.2) is 4.99 Å². The summed E-state index contributed by atoms with van der Waals surface area (Å²) in [5, 5.41) is 7.11. The van der Waals surface area contributed by atoms with Crippen molar-refractivity contribution in [3.63, 3.8) is 0 Å². The number of hydrogen-bond acceptors (Lipinski definition) is 3. The first-order chi connectivity index (χ1) is 11.2. The summed E-state index contributed by atoms with van der Waals surface area (Å²) in [6.07, 6.45) is 6.11. The lowest BCUT2D eigenvalue weighted by atomic mass is 10.0. The Balaban J connectivity index is 0.00000288. The maximum Gasteiger partial charge on any atom is 0.191 e. The van der Waals surface area contributed by atoms with Gasteiger partial charge in [-0.1, -0.05) is 26.7 Å². The lowest BCUT2D eigenvalue weighted by Crippen LogP contribution is -2.49. The number of nitrogens with one attached hydrogen (secondary N) is 2. The summed E-state index contributed by atoms with van der Waals surface area (Å²) in [6.45, 7) is 11.1. The van der Waals surface area contributed by atoms with Gasteiger partial charge in [0.2, 0.25) is 0 Å². The molecule has 2 N–H and O–H groups in total. The van der Waals surface area contributed by atoms with Crippen LogP contribution in [-0.4, -0.2) is 63.3 Å². The van der Waals surface area contributed by atoms with E-state index in [0.717, 1.165) is 37.6 Å². The molecule has 0 spiro atoms. The third-order valence-corrected chi connectivity index (χ3v) is 5.41. The van der Waals surface area contributed by atoms with Gasteiger partial charge in [0, 0.05) is 45.9 Å². The fraction of sp³-hybridized carbons (Fsp3) is 0.944. The van der Waals surface area contributed by atoms with Gasteiger partial charge in [0.1, 0.15) is 0 Å². The van der Waals surface area contributed by atoms with Crippen LogP contribution in [0.4, 0.5) is 0 Å². The van der Waals surface area contributed by atoms with E-state index in [9.17, 15) is 0 Å². The molecule has 5 nitrogen and oxygen atoms in total. The largest absolute Gasteiger partial charge is 0.381 e. The van der Waals surface area contributed by atoms with Crippen molar-refractivity contribution in [3.8, 4) is 0 Å². The Morgan fingerprint density at radius 2 is 1.92 bits per heavy atom. The molecule has 24 heavy (non-hydrogen) atoms. The summed E-state index contributed by atoms with van der Waals surface area (Å²) >= 11 is 0. The van der Waals surface area contributed by atoms with Crippen molar-refractivity contribution in [2.45, 2.75) is 52.0 Å². The van der Waals surface area contributed by atoms with Crippen LogP contribution in [0.25, 0.3) is 0 Å². The molecular formula is C18H37IN4O. The number of ether oxygens (including phenoxy) is 1. The minimum absolute atomic E-state index is 0. The average molecular weight is 452 g/mol. The van der Waals surface area contributed by atoms with Gasteiger partial charge in [-0.3, -0.25) is 4.99 Å². The molecule has 0 aliphatic carbocycles. The van der Waals surface area contributed by atoms with Gasteiger partial charge < -0.3 is 20.3 Å². The van der Waals surface area contributed by atoms with Gasteiger partial charge in [-0.15, -0.1) is 24.0 Å². The van der Waals surface area contributed by atoms with Crippen LogP contribution in [0.3, 0.4) is 0 Å². The zero-order valence-corrected chi connectivity index (χ0v) is 18.1. The molecule has 2 aliphatic rings. The molecule has 0 amide bonds. The third-order valence-electron chi connectivity index (χ3n) is 5.41. The summed E-state index contributed by atoms with van der Waals surface area (Å²) in [7, 11) is 1.87. The quantitative estimate of drug-likeness (QED) is 0.354. The zero-order valence-electron chi connectivity index (χ0n) is 15.7. The minimum atomic E-state index is 0. The molecule has 0 aromatic rings. The monoisotopic (exact) mass is 452 g/mol. The molecule has 1 unspecified atom stereocenters. The van der Waals surface area contributed by atoms with E-state index in [1.807, 2.05) is 7.05 Å². The molecule has 2 rings (SSSR count). The van der Waals surface area contributed by atoms with Gasteiger partial charge in [-0.05, 0) is 31.1 Å². The van der Waals surface area contributed by atoms with E-state index in [1.165, 1.54) is 51.7 Å². The highest BCUT2D eigenvalue weighted by atomic mass is 127. The molecule has 142 valence electrons. The van der Waals surface area contributed by atoms with E-state index < -0.39 is 0 Å². The van der Waals surface area contributed by atoms with Crippen LogP contribution in [0.2, 0.25) is 0 Å². The molecule has 1 atom stereocenters. The Bertz CT molecular complexity index is 349.